The molecule has 112 valence electrons. The van der Waals surface area contributed by atoms with Gasteiger partial charge in [-0.3, -0.25) is 0 Å². The molecule has 1 atom stereocenters. The molecular weight excluding hydrogens is 279 g/mol. The number of phenolic OH excluding ortho intramolecular Hbond substituents is 1. The summed E-state index contributed by atoms with van der Waals surface area (Å²) in [6.07, 6.45) is -5.06. The van der Waals surface area contributed by atoms with Crippen LogP contribution in [0.5, 0.6) is 5.75 Å². The molecule has 2 N–H and O–H groups in total. The fourth-order valence-corrected chi connectivity index (χ4v) is 2.10. The first-order valence-corrected chi connectivity index (χ1v) is 6.60. The molecule has 2 aromatic carbocycles. The quantitative estimate of drug-likeness (QED) is 0.873. The summed E-state index contributed by atoms with van der Waals surface area (Å²) in [5, 5.41) is 12.2. The molecule has 0 spiro atoms. The Morgan fingerprint density at radius 3 is 2.05 bits per heavy atom. The van der Waals surface area contributed by atoms with Crippen LogP contribution in [-0.4, -0.2) is 17.8 Å². The van der Waals surface area contributed by atoms with Crippen molar-refractivity contribution in [1.82, 2.24) is 5.32 Å². The zero-order chi connectivity index (χ0) is 15.3. The second kappa shape index (κ2) is 6.63. The Bertz CT molecular complexity index is 552. The molecule has 0 amide bonds. The van der Waals surface area contributed by atoms with E-state index >= 15 is 0 Å². The standard InChI is InChI=1S/C16H16F3NO/c17-16(18,19)10-11-20-15(12-4-2-1-3-5-12)13-6-8-14(21)9-7-13/h1-9,15,20-21H,10-11H2. The van der Waals surface area contributed by atoms with Crippen LogP contribution in [0.3, 0.4) is 0 Å². The van der Waals surface area contributed by atoms with Crippen LogP contribution in [0, 0.1) is 0 Å². The highest BCUT2D eigenvalue weighted by molar-refractivity contribution is 5.34. The SMILES string of the molecule is Oc1ccc(C(NCCC(F)(F)F)c2ccccc2)cc1. The maximum atomic E-state index is 12.3. The maximum Gasteiger partial charge on any atom is 0.390 e. The van der Waals surface area contributed by atoms with Crippen LogP contribution < -0.4 is 5.32 Å². The number of rotatable bonds is 5. The summed E-state index contributed by atoms with van der Waals surface area (Å²) >= 11 is 0. The van der Waals surface area contributed by atoms with E-state index in [4.69, 9.17) is 0 Å². The maximum absolute atomic E-state index is 12.3. The van der Waals surface area contributed by atoms with Gasteiger partial charge in [0.25, 0.3) is 0 Å². The molecule has 0 aliphatic heterocycles. The van der Waals surface area contributed by atoms with Gasteiger partial charge in [0.2, 0.25) is 0 Å². The van der Waals surface area contributed by atoms with E-state index in [0.717, 1.165) is 11.1 Å². The summed E-state index contributed by atoms with van der Waals surface area (Å²) in [6, 6.07) is 15.4. The molecule has 21 heavy (non-hydrogen) atoms. The van der Waals surface area contributed by atoms with Crippen molar-refractivity contribution in [3.05, 3.63) is 65.7 Å². The number of benzene rings is 2. The molecule has 0 aliphatic carbocycles. The Kier molecular flexibility index (Phi) is 4.85. The molecule has 2 nitrogen and oxygen atoms in total. The second-order valence-corrected chi connectivity index (χ2v) is 4.75. The van der Waals surface area contributed by atoms with Crippen molar-refractivity contribution in [2.24, 2.45) is 0 Å². The van der Waals surface area contributed by atoms with Crippen LogP contribution in [0.4, 0.5) is 13.2 Å². The van der Waals surface area contributed by atoms with Crippen molar-refractivity contribution < 1.29 is 18.3 Å². The third-order valence-electron chi connectivity index (χ3n) is 3.12. The van der Waals surface area contributed by atoms with Gasteiger partial charge in [-0.25, -0.2) is 0 Å². The zero-order valence-electron chi connectivity index (χ0n) is 11.3. The largest absolute Gasteiger partial charge is 0.508 e. The molecule has 1 unspecified atom stereocenters. The van der Waals surface area contributed by atoms with Crippen LogP contribution in [-0.2, 0) is 0 Å². The summed E-state index contributed by atoms with van der Waals surface area (Å²) in [5.41, 5.74) is 1.69. The van der Waals surface area contributed by atoms with E-state index < -0.39 is 12.6 Å². The first-order valence-electron chi connectivity index (χ1n) is 6.60. The molecule has 2 rings (SSSR count). The first kappa shape index (κ1) is 15.4. The van der Waals surface area contributed by atoms with E-state index in [1.165, 1.54) is 12.1 Å². The Hall–Kier alpha value is -2.01. The lowest BCUT2D eigenvalue weighted by Gasteiger charge is -2.20. The van der Waals surface area contributed by atoms with E-state index in [1.807, 2.05) is 30.3 Å². The van der Waals surface area contributed by atoms with Crippen LogP contribution in [0.25, 0.3) is 0 Å². The molecule has 0 bridgehead atoms. The normalized spacial score (nSPS) is 13.1. The summed E-state index contributed by atoms with van der Waals surface area (Å²) < 4.78 is 36.9. The van der Waals surface area contributed by atoms with Gasteiger partial charge >= 0.3 is 6.18 Å². The monoisotopic (exact) mass is 295 g/mol. The molecule has 0 fully saturated rings. The highest BCUT2D eigenvalue weighted by atomic mass is 19.4. The van der Waals surface area contributed by atoms with Crippen molar-refractivity contribution in [2.75, 3.05) is 6.54 Å². The Morgan fingerprint density at radius 1 is 0.905 bits per heavy atom. The van der Waals surface area contributed by atoms with Crippen molar-refractivity contribution in [2.45, 2.75) is 18.6 Å². The minimum Gasteiger partial charge on any atom is -0.508 e. The zero-order valence-corrected chi connectivity index (χ0v) is 11.3. The van der Waals surface area contributed by atoms with Crippen LogP contribution in [0.2, 0.25) is 0 Å². The molecule has 0 saturated carbocycles. The molecule has 2 aromatic rings. The van der Waals surface area contributed by atoms with Crippen molar-refractivity contribution in [1.29, 1.82) is 0 Å². The number of alkyl halides is 3. The van der Waals surface area contributed by atoms with E-state index in [2.05, 4.69) is 5.32 Å². The average molecular weight is 295 g/mol. The second-order valence-electron chi connectivity index (χ2n) is 4.75. The Balaban J connectivity index is 2.17. The lowest BCUT2D eigenvalue weighted by atomic mass is 9.98. The van der Waals surface area contributed by atoms with Gasteiger partial charge in [-0.15, -0.1) is 0 Å². The van der Waals surface area contributed by atoms with Crippen LogP contribution >= 0.6 is 0 Å². The summed E-state index contributed by atoms with van der Waals surface area (Å²) in [5.74, 6) is 0.126. The molecule has 0 heterocycles. The van der Waals surface area contributed by atoms with Gasteiger partial charge in [-0.1, -0.05) is 42.5 Å². The topological polar surface area (TPSA) is 32.3 Å². The molecule has 0 saturated heterocycles. The molecule has 0 radical (unpaired) electrons. The number of phenols is 1. The third kappa shape index (κ3) is 4.79. The van der Waals surface area contributed by atoms with E-state index in [-0.39, 0.29) is 18.3 Å². The molecular formula is C16H16F3NO. The number of hydrogen-bond donors (Lipinski definition) is 2. The minimum absolute atomic E-state index is 0.126. The van der Waals surface area contributed by atoms with Gasteiger partial charge in [0.05, 0.1) is 12.5 Å². The number of nitrogens with one attached hydrogen (secondary N) is 1. The lowest BCUT2D eigenvalue weighted by molar-refractivity contribution is -0.133. The van der Waals surface area contributed by atoms with Gasteiger partial charge in [-0.2, -0.15) is 13.2 Å². The van der Waals surface area contributed by atoms with E-state index in [9.17, 15) is 18.3 Å². The Labute approximate surface area is 121 Å². The Morgan fingerprint density at radius 2 is 1.48 bits per heavy atom. The first-order chi connectivity index (χ1) is 9.96. The van der Waals surface area contributed by atoms with Gasteiger partial charge in [0, 0.05) is 6.54 Å². The highest BCUT2D eigenvalue weighted by Gasteiger charge is 2.27. The molecule has 0 aliphatic rings. The molecule has 0 aromatic heterocycles. The highest BCUT2D eigenvalue weighted by Crippen LogP contribution is 2.25. The summed E-state index contributed by atoms with van der Waals surface area (Å²) in [4.78, 5) is 0. The number of hydrogen-bond acceptors (Lipinski definition) is 2. The van der Waals surface area contributed by atoms with E-state index in [1.54, 1.807) is 12.1 Å². The van der Waals surface area contributed by atoms with Gasteiger partial charge in [0.1, 0.15) is 5.75 Å². The minimum atomic E-state index is -4.18. The lowest BCUT2D eigenvalue weighted by Crippen LogP contribution is -2.27. The predicted octanol–water partition coefficient (Wildman–Crippen LogP) is 4.02. The fourth-order valence-electron chi connectivity index (χ4n) is 2.10. The fraction of sp³-hybridized carbons (Fsp3) is 0.250. The van der Waals surface area contributed by atoms with Crippen molar-refractivity contribution >= 4 is 0 Å². The van der Waals surface area contributed by atoms with Crippen molar-refractivity contribution in [3.63, 3.8) is 0 Å². The smallest absolute Gasteiger partial charge is 0.390 e. The van der Waals surface area contributed by atoms with Crippen molar-refractivity contribution in [3.8, 4) is 5.75 Å². The van der Waals surface area contributed by atoms with Crippen LogP contribution in [0.1, 0.15) is 23.6 Å². The van der Waals surface area contributed by atoms with Gasteiger partial charge < -0.3 is 10.4 Å². The van der Waals surface area contributed by atoms with E-state index in [0.29, 0.717) is 0 Å². The molecule has 5 heteroatoms. The predicted molar refractivity (Wildman–Crippen MR) is 75.1 cm³/mol. The summed E-state index contributed by atoms with van der Waals surface area (Å²) in [7, 11) is 0. The van der Waals surface area contributed by atoms with Gasteiger partial charge in [0.15, 0.2) is 0 Å². The summed E-state index contributed by atoms with van der Waals surface area (Å²) in [6.45, 7) is -0.163. The van der Waals surface area contributed by atoms with Gasteiger partial charge in [-0.05, 0) is 23.3 Å². The third-order valence-corrected chi connectivity index (χ3v) is 3.12. The van der Waals surface area contributed by atoms with Crippen LogP contribution in [0.15, 0.2) is 54.6 Å². The average Bonchev–Trinajstić information content (AvgIpc) is 2.45. The number of halogens is 3. The number of aromatic hydroxyl groups is 1.